The smallest absolute Gasteiger partial charge is 0.416 e. The van der Waals surface area contributed by atoms with Crippen LogP contribution in [0.3, 0.4) is 0 Å². The number of aryl methyl sites for hydroxylation is 1. The number of carbonyl (C=O) groups is 1. The largest absolute Gasteiger partial charge is 0.469 e. The van der Waals surface area contributed by atoms with E-state index in [9.17, 15) is 18.0 Å². The second-order valence-corrected chi connectivity index (χ2v) is 5.34. The first-order valence-electron chi connectivity index (χ1n) is 6.19. The van der Waals surface area contributed by atoms with Crippen molar-refractivity contribution in [3.63, 3.8) is 0 Å². The summed E-state index contributed by atoms with van der Waals surface area (Å²) in [7, 11) is 1.27. The number of halogens is 4. The van der Waals surface area contributed by atoms with E-state index in [-0.39, 0.29) is 34.5 Å². The van der Waals surface area contributed by atoms with Gasteiger partial charge in [0.15, 0.2) is 5.89 Å². The Labute approximate surface area is 132 Å². The van der Waals surface area contributed by atoms with Crippen LogP contribution in [0.1, 0.15) is 17.9 Å². The van der Waals surface area contributed by atoms with Gasteiger partial charge in [-0.3, -0.25) is 4.79 Å². The highest BCUT2D eigenvalue weighted by Crippen LogP contribution is 2.34. The second-order valence-electron chi connectivity index (χ2n) is 4.43. The first kappa shape index (κ1) is 16.5. The van der Waals surface area contributed by atoms with Gasteiger partial charge in [0, 0.05) is 16.5 Å². The molecule has 0 fully saturated rings. The van der Waals surface area contributed by atoms with E-state index in [1.54, 1.807) is 0 Å². The zero-order valence-corrected chi connectivity index (χ0v) is 13.0. The quantitative estimate of drug-likeness (QED) is 0.748. The van der Waals surface area contributed by atoms with Crippen molar-refractivity contribution in [2.24, 2.45) is 0 Å². The number of esters is 1. The van der Waals surface area contributed by atoms with Crippen molar-refractivity contribution in [1.29, 1.82) is 0 Å². The minimum absolute atomic E-state index is 0.0861. The van der Waals surface area contributed by atoms with E-state index >= 15 is 0 Å². The topological polar surface area (TPSA) is 52.3 Å². The van der Waals surface area contributed by atoms with E-state index < -0.39 is 17.7 Å². The molecule has 0 spiro atoms. The predicted octanol–water partition coefficient (Wildman–Crippen LogP) is 4.23. The van der Waals surface area contributed by atoms with Gasteiger partial charge in [0.25, 0.3) is 0 Å². The van der Waals surface area contributed by atoms with Gasteiger partial charge in [-0.1, -0.05) is 15.9 Å². The van der Waals surface area contributed by atoms with Crippen LogP contribution in [-0.4, -0.2) is 18.1 Å². The van der Waals surface area contributed by atoms with Gasteiger partial charge in [-0.25, -0.2) is 4.98 Å². The standard InChI is InChI=1S/C14H11BrF3NO3/c1-21-13(20)3-2-12-19-11(7-22-12)8-4-9(14(16,17)18)6-10(15)5-8/h4-7H,2-3H2,1H3. The summed E-state index contributed by atoms with van der Waals surface area (Å²) in [5.41, 5.74) is -0.239. The van der Waals surface area contributed by atoms with Crippen LogP contribution in [0.5, 0.6) is 0 Å². The SMILES string of the molecule is COC(=O)CCc1nc(-c2cc(Br)cc(C(F)(F)F)c2)co1. The van der Waals surface area contributed by atoms with Crippen LogP contribution in [0.15, 0.2) is 33.4 Å². The monoisotopic (exact) mass is 377 g/mol. The fourth-order valence-corrected chi connectivity index (χ4v) is 2.26. The number of oxazole rings is 1. The van der Waals surface area contributed by atoms with Crippen LogP contribution in [0.2, 0.25) is 0 Å². The molecular weight excluding hydrogens is 367 g/mol. The zero-order valence-electron chi connectivity index (χ0n) is 11.4. The van der Waals surface area contributed by atoms with Crippen LogP contribution >= 0.6 is 15.9 Å². The number of benzene rings is 1. The Morgan fingerprint density at radius 2 is 2.09 bits per heavy atom. The summed E-state index contributed by atoms with van der Waals surface area (Å²) in [6.07, 6.45) is -2.89. The molecule has 2 aromatic rings. The Balaban J connectivity index is 2.24. The Kier molecular flexibility index (Phi) is 4.90. The third kappa shape index (κ3) is 4.09. The lowest BCUT2D eigenvalue weighted by Crippen LogP contribution is -2.05. The van der Waals surface area contributed by atoms with E-state index in [0.29, 0.717) is 0 Å². The van der Waals surface area contributed by atoms with Crippen molar-refractivity contribution < 1.29 is 27.1 Å². The molecule has 8 heteroatoms. The predicted molar refractivity (Wildman–Crippen MR) is 75.0 cm³/mol. The lowest BCUT2D eigenvalue weighted by atomic mass is 10.1. The highest BCUT2D eigenvalue weighted by Gasteiger charge is 2.31. The normalized spacial score (nSPS) is 11.5. The molecule has 0 bridgehead atoms. The average molecular weight is 378 g/mol. The molecule has 2 rings (SSSR count). The summed E-state index contributed by atoms with van der Waals surface area (Å²) in [5.74, 6) is -0.157. The summed E-state index contributed by atoms with van der Waals surface area (Å²) in [5, 5.41) is 0. The minimum Gasteiger partial charge on any atom is -0.469 e. The first-order valence-corrected chi connectivity index (χ1v) is 6.98. The Hall–Kier alpha value is -1.83. The van der Waals surface area contributed by atoms with Crippen LogP contribution in [0.4, 0.5) is 13.2 Å². The number of ether oxygens (including phenoxy) is 1. The summed E-state index contributed by atoms with van der Waals surface area (Å²) in [6.45, 7) is 0. The van der Waals surface area contributed by atoms with Gasteiger partial charge in [-0.2, -0.15) is 13.2 Å². The van der Waals surface area contributed by atoms with Crippen molar-refractivity contribution in [2.45, 2.75) is 19.0 Å². The zero-order chi connectivity index (χ0) is 16.3. The van der Waals surface area contributed by atoms with Gasteiger partial charge < -0.3 is 9.15 Å². The molecular formula is C14H11BrF3NO3. The molecule has 0 radical (unpaired) electrons. The molecule has 0 aliphatic rings. The van der Waals surface area contributed by atoms with Crippen molar-refractivity contribution in [3.05, 3.63) is 40.4 Å². The molecule has 22 heavy (non-hydrogen) atoms. The molecule has 0 unspecified atom stereocenters. The van der Waals surface area contributed by atoms with Crippen molar-refractivity contribution in [2.75, 3.05) is 7.11 Å². The molecule has 4 nitrogen and oxygen atoms in total. The van der Waals surface area contributed by atoms with Crippen molar-refractivity contribution >= 4 is 21.9 Å². The maximum atomic E-state index is 12.8. The summed E-state index contributed by atoms with van der Waals surface area (Å²) in [6, 6.07) is 3.49. The third-order valence-corrected chi connectivity index (χ3v) is 3.30. The number of methoxy groups -OCH3 is 1. The van der Waals surface area contributed by atoms with Crippen LogP contribution in [0, 0.1) is 0 Å². The molecule has 0 atom stereocenters. The van der Waals surface area contributed by atoms with E-state index in [0.717, 1.165) is 12.1 Å². The third-order valence-electron chi connectivity index (χ3n) is 2.84. The second kappa shape index (κ2) is 6.51. The summed E-state index contributed by atoms with van der Waals surface area (Å²) >= 11 is 3.05. The molecule has 0 amide bonds. The van der Waals surface area contributed by atoms with Gasteiger partial charge in [0.2, 0.25) is 0 Å². The minimum atomic E-state index is -4.45. The molecule has 1 aromatic carbocycles. The molecule has 0 aliphatic carbocycles. The highest BCUT2D eigenvalue weighted by molar-refractivity contribution is 9.10. The number of carbonyl (C=O) groups excluding carboxylic acids is 1. The number of nitrogens with zero attached hydrogens (tertiary/aromatic N) is 1. The van der Waals surface area contributed by atoms with E-state index in [1.165, 1.54) is 19.4 Å². The summed E-state index contributed by atoms with van der Waals surface area (Å²) in [4.78, 5) is 15.1. The van der Waals surface area contributed by atoms with E-state index in [2.05, 4.69) is 25.7 Å². The van der Waals surface area contributed by atoms with Crippen LogP contribution in [0.25, 0.3) is 11.3 Å². The molecule has 1 heterocycles. The molecule has 1 aromatic heterocycles. The lowest BCUT2D eigenvalue weighted by molar-refractivity contribution is -0.140. The molecule has 0 aliphatic heterocycles. The first-order chi connectivity index (χ1) is 10.3. The maximum Gasteiger partial charge on any atom is 0.416 e. The Bertz CT molecular complexity index is 682. The average Bonchev–Trinajstić information content (AvgIpc) is 2.92. The number of rotatable bonds is 4. The summed E-state index contributed by atoms with van der Waals surface area (Å²) < 4.78 is 48.3. The van der Waals surface area contributed by atoms with Gasteiger partial charge in [0.1, 0.15) is 12.0 Å². The van der Waals surface area contributed by atoms with E-state index in [1.807, 2.05) is 0 Å². The van der Waals surface area contributed by atoms with Crippen molar-refractivity contribution in [1.82, 2.24) is 4.98 Å². The van der Waals surface area contributed by atoms with Gasteiger partial charge in [0.05, 0.1) is 19.1 Å². The molecule has 0 saturated carbocycles. The number of hydrogen-bond acceptors (Lipinski definition) is 4. The van der Waals surface area contributed by atoms with Gasteiger partial charge in [-0.15, -0.1) is 0 Å². The molecule has 0 N–H and O–H groups in total. The van der Waals surface area contributed by atoms with Crippen molar-refractivity contribution in [3.8, 4) is 11.3 Å². The number of aromatic nitrogens is 1. The number of alkyl halides is 3. The fourth-order valence-electron chi connectivity index (χ4n) is 1.77. The van der Waals surface area contributed by atoms with Gasteiger partial charge >= 0.3 is 12.1 Å². The van der Waals surface area contributed by atoms with Crippen LogP contribution in [-0.2, 0) is 22.1 Å². The Morgan fingerprint density at radius 1 is 1.36 bits per heavy atom. The van der Waals surface area contributed by atoms with E-state index in [4.69, 9.17) is 4.42 Å². The van der Waals surface area contributed by atoms with Gasteiger partial charge in [-0.05, 0) is 18.2 Å². The maximum absolute atomic E-state index is 12.8. The van der Waals surface area contributed by atoms with Crippen LogP contribution < -0.4 is 0 Å². The highest BCUT2D eigenvalue weighted by atomic mass is 79.9. The molecule has 118 valence electrons. The number of hydrogen-bond donors (Lipinski definition) is 0. The molecule has 0 saturated heterocycles. The lowest BCUT2D eigenvalue weighted by Gasteiger charge is -2.08. The Morgan fingerprint density at radius 3 is 2.73 bits per heavy atom. The fraction of sp³-hybridized carbons (Fsp3) is 0.286.